The average Bonchev–Trinajstić information content (AvgIpc) is 4.14. The lowest BCUT2D eigenvalue weighted by molar-refractivity contribution is 1.20. The maximum atomic E-state index is 2.44. The molecule has 0 atom stereocenters. The van der Waals surface area contributed by atoms with Gasteiger partial charge in [-0.1, -0.05) is 286 Å². The summed E-state index contributed by atoms with van der Waals surface area (Å²) in [6.07, 6.45) is 1.87. The summed E-state index contributed by atoms with van der Waals surface area (Å²) >= 11 is 0. The zero-order valence-corrected chi connectivity index (χ0v) is 51.8. The molecule has 0 amide bonds. The lowest BCUT2D eigenvalue weighted by atomic mass is 9.99. The number of nitrogens with zero attached hydrogens (tertiary/aromatic N) is 2. The van der Waals surface area contributed by atoms with E-state index in [0.717, 1.165) is 35.6 Å². The minimum atomic E-state index is 0.935. The topological polar surface area (TPSA) is 6.48 Å². The molecule has 76 heavy (non-hydrogen) atoms. The van der Waals surface area contributed by atoms with Crippen molar-refractivity contribution in [1.29, 1.82) is 0 Å². The summed E-state index contributed by atoms with van der Waals surface area (Å²) in [5, 5.41) is 4.96. The van der Waals surface area contributed by atoms with Crippen molar-refractivity contribution in [3.63, 3.8) is 0 Å². The molecule has 0 saturated heterocycles. The van der Waals surface area contributed by atoms with Crippen molar-refractivity contribution >= 4 is 55.7 Å². The molecular weight excluding hydrogens is 917 g/mol. The molecule has 9 aromatic carbocycles. The van der Waals surface area contributed by atoms with Gasteiger partial charge in [0.15, 0.2) is 0 Å². The van der Waals surface area contributed by atoms with E-state index in [1.165, 1.54) is 77.4 Å². The van der Waals surface area contributed by atoms with Gasteiger partial charge in [0.05, 0.1) is 11.4 Å². The molecule has 408 valence electrons. The number of hydrogen-bond donors (Lipinski definition) is 0. The summed E-state index contributed by atoms with van der Waals surface area (Å²) in [7, 11) is 0. The molecule has 2 heteroatoms. The van der Waals surface area contributed by atoms with Crippen molar-refractivity contribution < 1.29 is 0 Å². The third-order valence-corrected chi connectivity index (χ3v) is 11.5. The second kappa shape index (κ2) is 40.4. The third kappa shape index (κ3) is 16.3. The molecule has 2 aliphatic carbocycles. The van der Waals surface area contributed by atoms with E-state index in [9.17, 15) is 0 Å². The van der Waals surface area contributed by atoms with Gasteiger partial charge in [-0.3, -0.25) is 0 Å². The van der Waals surface area contributed by atoms with Gasteiger partial charge in [0, 0.05) is 35.6 Å². The largest absolute Gasteiger partial charge is 0.310 e. The summed E-state index contributed by atoms with van der Waals surface area (Å²) in [6, 6.07) is 71.3. The van der Waals surface area contributed by atoms with Crippen molar-refractivity contribution in [2.75, 3.05) is 9.80 Å². The number of para-hydroxylation sites is 2. The van der Waals surface area contributed by atoms with E-state index in [-0.39, 0.29) is 0 Å². The second-order valence-electron chi connectivity index (χ2n) is 14.5. The Morgan fingerprint density at radius 2 is 0.526 bits per heavy atom. The van der Waals surface area contributed by atoms with Gasteiger partial charge < -0.3 is 9.80 Å². The lowest BCUT2D eigenvalue weighted by Crippen LogP contribution is -2.12. The Kier molecular flexibility index (Phi) is 36.7. The molecule has 0 unspecified atom stereocenters. The number of anilines is 6. The van der Waals surface area contributed by atoms with Crippen LogP contribution in [0.2, 0.25) is 0 Å². The summed E-state index contributed by atoms with van der Waals surface area (Å²) in [4.78, 5) is 4.87. The normalized spacial score (nSPS) is 9.61. The van der Waals surface area contributed by atoms with Gasteiger partial charge in [0.1, 0.15) is 0 Å². The fourth-order valence-corrected chi connectivity index (χ4v) is 9.03. The highest BCUT2D eigenvalue weighted by Gasteiger charge is 2.26. The highest BCUT2D eigenvalue weighted by molar-refractivity contribution is 6.10. The van der Waals surface area contributed by atoms with Crippen LogP contribution in [0.1, 0.15) is 175 Å². The smallest absolute Gasteiger partial charge is 0.0503 e. The Labute approximate surface area is 466 Å². The van der Waals surface area contributed by atoms with Crippen LogP contribution in [0.3, 0.4) is 0 Å². The van der Waals surface area contributed by atoms with Crippen molar-refractivity contribution in [3.05, 3.63) is 216 Å². The number of rotatable bonds is 6. The molecule has 11 rings (SSSR count). The average molecular weight is 1020 g/mol. The fraction of sp³-hybridized carbons (Fsp3) is 0.324. The lowest BCUT2D eigenvalue weighted by Gasteiger charge is -2.28. The first-order chi connectivity index (χ1) is 37.8. The minimum absolute atomic E-state index is 0.935. The predicted octanol–water partition coefficient (Wildman–Crippen LogP) is 25.4. The van der Waals surface area contributed by atoms with Crippen molar-refractivity contribution in [1.82, 2.24) is 0 Å². The Morgan fingerprint density at radius 3 is 0.855 bits per heavy atom. The molecular formula is C74H102N2. The Bertz CT molecular complexity index is 2690. The van der Waals surface area contributed by atoms with E-state index in [0.29, 0.717) is 0 Å². The maximum absolute atomic E-state index is 2.44. The maximum Gasteiger partial charge on any atom is 0.0503 e. The zero-order chi connectivity index (χ0) is 57.6. The van der Waals surface area contributed by atoms with Gasteiger partial charge in [-0.2, -0.15) is 0 Å². The molecule has 0 fully saturated rings. The number of benzene rings is 9. The van der Waals surface area contributed by atoms with Crippen LogP contribution in [0.5, 0.6) is 0 Å². The summed E-state index contributed by atoms with van der Waals surface area (Å²) in [5.74, 6) is 0. The van der Waals surface area contributed by atoms with Crippen molar-refractivity contribution in [2.45, 2.75) is 165 Å². The molecule has 9 aromatic rings. The van der Waals surface area contributed by atoms with Gasteiger partial charge >= 0.3 is 0 Å². The summed E-state index contributed by atoms with van der Waals surface area (Å²) < 4.78 is 0. The molecule has 0 aromatic heterocycles. The van der Waals surface area contributed by atoms with Gasteiger partial charge in [0.2, 0.25) is 0 Å². The zero-order valence-electron chi connectivity index (χ0n) is 51.8. The van der Waals surface area contributed by atoms with E-state index in [1.54, 1.807) is 0 Å². The van der Waals surface area contributed by atoms with Crippen molar-refractivity contribution in [2.24, 2.45) is 0 Å². The molecule has 0 N–H and O–H groups in total. The van der Waals surface area contributed by atoms with E-state index in [2.05, 4.69) is 204 Å². The van der Waals surface area contributed by atoms with Gasteiger partial charge in [-0.15, -0.1) is 0 Å². The minimum Gasteiger partial charge on any atom is -0.310 e. The molecule has 0 bridgehead atoms. The molecule has 0 aliphatic heterocycles. The van der Waals surface area contributed by atoms with Gasteiger partial charge in [0.25, 0.3) is 0 Å². The highest BCUT2D eigenvalue weighted by atomic mass is 15.2. The molecule has 2 aliphatic rings. The van der Waals surface area contributed by atoms with E-state index >= 15 is 0 Å². The van der Waals surface area contributed by atoms with Crippen LogP contribution in [0, 0.1) is 0 Å². The molecule has 0 radical (unpaired) electrons. The highest BCUT2D eigenvalue weighted by Crippen LogP contribution is 2.48. The van der Waals surface area contributed by atoms with Crippen LogP contribution in [-0.4, -0.2) is 0 Å². The monoisotopic (exact) mass is 1020 g/mol. The van der Waals surface area contributed by atoms with Crippen LogP contribution in [0.4, 0.5) is 34.1 Å². The second-order valence-corrected chi connectivity index (χ2v) is 14.5. The van der Waals surface area contributed by atoms with E-state index in [4.69, 9.17) is 0 Å². The van der Waals surface area contributed by atoms with Gasteiger partial charge in [-0.25, -0.2) is 0 Å². The standard InChI is InChI=1S/C52H36N2.11C2H6/c1-3-15-39(16-4-1)53(51-23-11-21-47-43-19-9-7-13-35(43)33-49(47)51)41-27-29-45-37(31-41)25-26-38-32-42(28-30-46(38)45)54(40-17-5-2-6-18-40)52-24-12-22-48-44-20-10-8-14-36(44)34-50(48)52;11*1-2/h1-32H,33-34H2;11*1-2H3. The van der Waals surface area contributed by atoms with Gasteiger partial charge in [-0.05, 0) is 127 Å². The SMILES string of the molecule is CC.CC.CC.CC.CC.CC.CC.CC.CC.CC.CC.c1ccc(N(c2ccc3c(ccc4cc(N(c5ccccc5)c5cccc6c5Cc5ccccc5-6)ccc43)c2)c2cccc3c2Cc2ccccc2-3)cc1. The first-order valence-corrected chi connectivity index (χ1v) is 29.9. The molecule has 0 spiro atoms. The Hall–Kier alpha value is -6.90. The predicted molar refractivity (Wildman–Crippen MR) is 352 cm³/mol. The van der Waals surface area contributed by atoms with Crippen LogP contribution in [0.15, 0.2) is 194 Å². The van der Waals surface area contributed by atoms with Crippen LogP contribution >= 0.6 is 0 Å². The number of fused-ring (bicyclic) bond motifs is 9. The summed E-state index contributed by atoms with van der Waals surface area (Å²) in [6.45, 7) is 44.0. The van der Waals surface area contributed by atoms with Crippen LogP contribution in [0.25, 0.3) is 43.8 Å². The third-order valence-electron chi connectivity index (χ3n) is 11.5. The Balaban J connectivity index is 0.00000229. The molecule has 0 saturated carbocycles. The Morgan fingerprint density at radius 1 is 0.237 bits per heavy atom. The quantitative estimate of drug-likeness (QED) is 0.153. The van der Waals surface area contributed by atoms with Crippen LogP contribution < -0.4 is 9.80 Å². The number of hydrogen-bond acceptors (Lipinski definition) is 2. The molecule has 0 heterocycles. The summed E-state index contributed by atoms with van der Waals surface area (Å²) in [5.41, 5.74) is 18.0. The molecule has 2 nitrogen and oxygen atoms in total. The fourth-order valence-electron chi connectivity index (χ4n) is 9.03. The van der Waals surface area contributed by atoms with Crippen LogP contribution in [-0.2, 0) is 12.8 Å². The first-order valence-electron chi connectivity index (χ1n) is 29.9. The van der Waals surface area contributed by atoms with E-state index < -0.39 is 0 Å². The van der Waals surface area contributed by atoms with E-state index in [1.807, 2.05) is 152 Å². The van der Waals surface area contributed by atoms with Crippen molar-refractivity contribution in [3.8, 4) is 22.3 Å². The first kappa shape index (κ1) is 69.1.